The van der Waals surface area contributed by atoms with Crippen LogP contribution >= 0.6 is 0 Å². The van der Waals surface area contributed by atoms with Crippen molar-refractivity contribution in [1.29, 1.82) is 0 Å². The van der Waals surface area contributed by atoms with Crippen LogP contribution in [0.3, 0.4) is 0 Å². The van der Waals surface area contributed by atoms with Gasteiger partial charge in [-0.2, -0.15) is 0 Å². The maximum atomic E-state index is 13.8. The van der Waals surface area contributed by atoms with Gasteiger partial charge >= 0.3 is 0 Å². The molecule has 34 heavy (non-hydrogen) atoms. The van der Waals surface area contributed by atoms with Crippen LogP contribution in [0.15, 0.2) is 30.3 Å². The van der Waals surface area contributed by atoms with Crippen LogP contribution in [-0.2, 0) is 26.5 Å². The molecule has 2 saturated heterocycles. The first-order valence-corrected chi connectivity index (χ1v) is 11.3. The lowest BCUT2D eigenvalue weighted by atomic mass is 9.75. The Labute approximate surface area is 196 Å². The molecule has 4 aliphatic rings. The van der Waals surface area contributed by atoms with Crippen molar-refractivity contribution in [3.05, 3.63) is 52.6 Å². The Morgan fingerprint density at radius 1 is 1.12 bits per heavy atom. The van der Waals surface area contributed by atoms with Gasteiger partial charge < -0.3 is 19.9 Å². The minimum absolute atomic E-state index is 0.0469. The molecule has 2 fully saturated rings. The van der Waals surface area contributed by atoms with E-state index in [0.717, 1.165) is 11.1 Å². The Bertz CT molecular complexity index is 1270. The zero-order chi connectivity index (χ0) is 23.9. The molecule has 0 saturated carbocycles. The van der Waals surface area contributed by atoms with E-state index in [1.165, 1.54) is 4.90 Å². The van der Waals surface area contributed by atoms with E-state index in [-0.39, 0.29) is 19.2 Å². The number of imide groups is 1. The van der Waals surface area contributed by atoms with E-state index in [9.17, 15) is 19.5 Å². The molecule has 4 aliphatic heterocycles. The second kappa shape index (κ2) is 7.04. The average molecular weight is 463 g/mol. The number of rotatable bonds is 3. The summed E-state index contributed by atoms with van der Waals surface area (Å²) >= 11 is 0. The molecule has 9 heteroatoms. The van der Waals surface area contributed by atoms with Gasteiger partial charge in [-0.05, 0) is 44.0 Å². The van der Waals surface area contributed by atoms with E-state index >= 15 is 0 Å². The van der Waals surface area contributed by atoms with Crippen LogP contribution in [0.5, 0.6) is 11.5 Å². The number of carbonyl (C=O) groups is 3. The van der Waals surface area contributed by atoms with Crippen LogP contribution in [0.1, 0.15) is 29.2 Å². The zero-order valence-corrected chi connectivity index (χ0v) is 19.0. The van der Waals surface area contributed by atoms with Gasteiger partial charge in [0.2, 0.25) is 24.5 Å². The molecule has 3 amide bonds. The largest absolute Gasteiger partial charge is 0.454 e. The molecule has 6 rings (SSSR count). The van der Waals surface area contributed by atoms with E-state index in [4.69, 9.17) is 9.47 Å². The molecule has 9 nitrogen and oxygen atoms in total. The number of nitrogens with zero attached hydrogens (tertiary/aromatic N) is 1. The molecule has 0 aromatic heterocycles. The third-order valence-electron chi connectivity index (χ3n) is 7.49. The number of hydrogen-bond acceptors (Lipinski definition) is 7. The summed E-state index contributed by atoms with van der Waals surface area (Å²) in [6.07, 6.45) is -0.947. The monoisotopic (exact) mass is 463 g/mol. The second-order valence-electron chi connectivity index (χ2n) is 9.63. The van der Waals surface area contributed by atoms with E-state index in [2.05, 4.69) is 10.6 Å². The maximum absolute atomic E-state index is 13.8. The Morgan fingerprint density at radius 2 is 1.88 bits per heavy atom. The molecule has 5 atom stereocenters. The number of aryl methyl sites for hydroxylation is 2. The Morgan fingerprint density at radius 3 is 2.65 bits per heavy atom. The van der Waals surface area contributed by atoms with Crippen molar-refractivity contribution in [1.82, 2.24) is 10.2 Å². The van der Waals surface area contributed by atoms with Crippen molar-refractivity contribution in [2.75, 3.05) is 12.1 Å². The number of aliphatic hydroxyl groups excluding tert-OH is 1. The molecule has 0 aliphatic carbocycles. The number of likely N-dealkylation sites (tertiary alicyclic amines) is 1. The highest BCUT2D eigenvalue weighted by Crippen LogP contribution is 2.54. The summed E-state index contributed by atoms with van der Waals surface area (Å²) in [5.41, 5.74) is 2.42. The molecule has 0 bridgehead atoms. The topological polar surface area (TPSA) is 117 Å². The van der Waals surface area contributed by atoms with Crippen LogP contribution in [-0.4, -0.2) is 46.7 Å². The molecular weight excluding hydrogens is 438 g/mol. The number of ether oxygens (including phenoxy) is 2. The molecule has 3 N–H and O–H groups in total. The molecule has 176 valence electrons. The minimum atomic E-state index is -1.42. The number of benzene rings is 2. The molecule has 2 aromatic carbocycles. The van der Waals surface area contributed by atoms with Crippen LogP contribution in [0, 0.1) is 25.7 Å². The van der Waals surface area contributed by atoms with Crippen molar-refractivity contribution < 1.29 is 29.0 Å². The van der Waals surface area contributed by atoms with Gasteiger partial charge in [0.05, 0.1) is 24.5 Å². The number of carbonyl (C=O) groups excluding carboxylic acids is 3. The predicted octanol–water partition coefficient (Wildman–Crippen LogP) is 1.33. The lowest BCUT2D eigenvalue weighted by Crippen LogP contribution is -2.54. The minimum Gasteiger partial charge on any atom is -0.454 e. The SMILES string of the molecule is Cc1cc(C)c2c(c1)[C@@]1(N[C@@H]([C@@H](C)O)[C@H]3C(=O)N(Cc4ccc5c(c4)OCO5)C(=O)[C@H]31)C(=O)N2. The summed E-state index contributed by atoms with van der Waals surface area (Å²) in [7, 11) is 0. The van der Waals surface area contributed by atoms with Crippen molar-refractivity contribution in [2.24, 2.45) is 11.8 Å². The Kier molecular flexibility index (Phi) is 4.37. The fourth-order valence-corrected chi connectivity index (χ4v) is 6.04. The first kappa shape index (κ1) is 21.1. The molecule has 0 radical (unpaired) electrons. The van der Waals surface area contributed by atoms with Crippen LogP contribution < -0.4 is 20.1 Å². The van der Waals surface area contributed by atoms with Gasteiger partial charge in [0.25, 0.3) is 0 Å². The summed E-state index contributed by atoms with van der Waals surface area (Å²) in [6.45, 7) is 5.57. The third-order valence-corrected chi connectivity index (χ3v) is 7.49. The number of nitrogens with one attached hydrogen (secondary N) is 2. The third kappa shape index (κ3) is 2.65. The van der Waals surface area contributed by atoms with Gasteiger partial charge in [0, 0.05) is 17.3 Å². The number of aliphatic hydroxyl groups is 1. The molecular formula is C25H25N3O6. The summed E-state index contributed by atoms with van der Waals surface area (Å²) in [5.74, 6) is -1.84. The summed E-state index contributed by atoms with van der Waals surface area (Å²) in [5, 5.41) is 16.7. The van der Waals surface area contributed by atoms with Crippen LogP contribution in [0.4, 0.5) is 5.69 Å². The average Bonchev–Trinajstić information content (AvgIpc) is 3.51. The highest BCUT2D eigenvalue weighted by molar-refractivity contribution is 6.15. The molecule has 1 spiro atoms. The van der Waals surface area contributed by atoms with Crippen molar-refractivity contribution in [3.63, 3.8) is 0 Å². The van der Waals surface area contributed by atoms with E-state index in [1.807, 2.05) is 26.0 Å². The fourth-order valence-electron chi connectivity index (χ4n) is 6.04. The number of fused-ring (bicyclic) bond motifs is 5. The Hall–Kier alpha value is -3.43. The molecule has 4 heterocycles. The zero-order valence-electron chi connectivity index (χ0n) is 19.0. The number of hydrogen-bond donors (Lipinski definition) is 3. The first-order valence-electron chi connectivity index (χ1n) is 11.3. The summed E-state index contributed by atoms with van der Waals surface area (Å²) < 4.78 is 10.8. The van der Waals surface area contributed by atoms with Crippen molar-refractivity contribution in [2.45, 2.75) is 45.0 Å². The van der Waals surface area contributed by atoms with Crippen LogP contribution in [0.25, 0.3) is 0 Å². The first-order chi connectivity index (χ1) is 16.2. The van der Waals surface area contributed by atoms with E-state index in [1.54, 1.807) is 25.1 Å². The normalized spacial score (nSPS) is 29.6. The van der Waals surface area contributed by atoms with Gasteiger partial charge in [-0.1, -0.05) is 23.8 Å². The number of anilines is 1. The predicted molar refractivity (Wildman–Crippen MR) is 120 cm³/mol. The van der Waals surface area contributed by atoms with Gasteiger partial charge in [-0.25, -0.2) is 0 Å². The van der Waals surface area contributed by atoms with E-state index in [0.29, 0.717) is 28.3 Å². The smallest absolute Gasteiger partial charge is 0.250 e. The highest BCUT2D eigenvalue weighted by Gasteiger charge is 2.71. The Balaban J connectivity index is 1.44. The van der Waals surface area contributed by atoms with Gasteiger partial charge in [-0.3, -0.25) is 24.6 Å². The summed E-state index contributed by atoms with van der Waals surface area (Å²) in [4.78, 5) is 42.2. The standard InChI is InChI=1S/C25H25N3O6/c1-11-6-12(2)20-15(7-11)25(24(32)26-20)19-18(21(27-25)13(3)29)22(30)28(23(19)31)9-14-4-5-16-17(8-14)34-10-33-16/h4-8,13,18-19,21,27,29H,9-10H2,1-3H3,(H,26,32)/t13-,18+,19+,21+,25+/m1/s1. The summed E-state index contributed by atoms with van der Waals surface area (Å²) in [6, 6.07) is 8.38. The second-order valence-corrected chi connectivity index (χ2v) is 9.63. The van der Waals surface area contributed by atoms with Gasteiger partial charge in [-0.15, -0.1) is 0 Å². The maximum Gasteiger partial charge on any atom is 0.250 e. The molecule has 2 aromatic rings. The lowest BCUT2D eigenvalue weighted by molar-refractivity contribution is -0.143. The van der Waals surface area contributed by atoms with Gasteiger partial charge in [0.15, 0.2) is 11.5 Å². The highest BCUT2D eigenvalue weighted by atomic mass is 16.7. The quantitative estimate of drug-likeness (QED) is 0.588. The lowest BCUT2D eigenvalue weighted by Gasteiger charge is -2.30. The fraction of sp³-hybridized carbons (Fsp3) is 0.400. The molecule has 0 unspecified atom stereocenters. The number of amides is 3. The van der Waals surface area contributed by atoms with Gasteiger partial charge in [0.1, 0.15) is 5.54 Å². The van der Waals surface area contributed by atoms with Crippen molar-refractivity contribution >= 4 is 23.4 Å². The van der Waals surface area contributed by atoms with Crippen LogP contribution in [0.2, 0.25) is 0 Å². The van der Waals surface area contributed by atoms with E-state index < -0.39 is 41.3 Å². The van der Waals surface area contributed by atoms with Crippen molar-refractivity contribution in [3.8, 4) is 11.5 Å².